The van der Waals surface area contributed by atoms with Gasteiger partial charge in [-0.25, -0.2) is 4.79 Å². The Morgan fingerprint density at radius 2 is 2.10 bits per heavy atom. The molecule has 0 saturated heterocycles. The topological polar surface area (TPSA) is 88.6 Å². The number of rotatable bonds is 7. The Morgan fingerprint density at radius 3 is 2.80 bits per heavy atom. The molecule has 0 saturated carbocycles. The molecule has 0 spiro atoms. The number of H-pyrrole nitrogens is 1. The van der Waals surface area contributed by atoms with Crippen molar-refractivity contribution in [3.63, 3.8) is 0 Å². The average molecular weight is 277 g/mol. The molecule has 0 aliphatic carbocycles. The highest BCUT2D eigenvalue weighted by molar-refractivity contribution is 6.10. The summed E-state index contributed by atoms with van der Waals surface area (Å²) >= 11 is 0. The lowest BCUT2D eigenvalue weighted by Gasteiger charge is -2.06. The third-order valence-electron chi connectivity index (χ3n) is 2.73. The van der Waals surface area contributed by atoms with E-state index in [2.05, 4.69) is 4.98 Å². The van der Waals surface area contributed by atoms with Crippen LogP contribution in [0.5, 0.6) is 5.75 Å². The van der Waals surface area contributed by atoms with Gasteiger partial charge in [0.2, 0.25) is 0 Å². The molecule has 2 aromatic rings. The molecule has 20 heavy (non-hydrogen) atoms. The van der Waals surface area contributed by atoms with E-state index in [0.29, 0.717) is 23.3 Å². The van der Waals surface area contributed by atoms with E-state index in [1.54, 1.807) is 12.3 Å². The van der Waals surface area contributed by atoms with Gasteiger partial charge in [0.25, 0.3) is 0 Å². The fraction of sp³-hybridized carbons (Fsp3) is 0.286. The van der Waals surface area contributed by atoms with Crippen molar-refractivity contribution in [2.75, 3.05) is 19.8 Å². The van der Waals surface area contributed by atoms with Crippen molar-refractivity contribution < 1.29 is 24.2 Å². The van der Waals surface area contributed by atoms with Crippen molar-refractivity contribution in [2.45, 2.75) is 6.92 Å². The maximum absolute atomic E-state index is 12.1. The van der Waals surface area contributed by atoms with Gasteiger partial charge in [-0.05, 0) is 19.1 Å². The van der Waals surface area contributed by atoms with Crippen molar-refractivity contribution in [2.24, 2.45) is 0 Å². The summed E-state index contributed by atoms with van der Waals surface area (Å²) in [6, 6.07) is 5.46. The Hall–Kier alpha value is -2.34. The van der Waals surface area contributed by atoms with Crippen LogP contribution in [0.15, 0.2) is 24.4 Å². The highest BCUT2D eigenvalue weighted by Gasteiger charge is 2.16. The third kappa shape index (κ3) is 2.97. The summed E-state index contributed by atoms with van der Waals surface area (Å²) in [6.45, 7) is 1.59. The number of benzene rings is 1. The number of carboxylic acid groups (broad SMARTS) is 1. The molecule has 0 radical (unpaired) electrons. The van der Waals surface area contributed by atoms with Crippen LogP contribution in [0, 0.1) is 0 Å². The van der Waals surface area contributed by atoms with E-state index in [9.17, 15) is 9.59 Å². The zero-order valence-corrected chi connectivity index (χ0v) is 11.0. The van der Waals surface area contributed by atoms with E-state index in [-0.39, 0.29) is 12.4 Å². The van der Waals surface area contributed by atoms with Crippen LogP contribution in [0.3, 0.4) is 0 Å². The Kier molecular flexibility index (Phi) is 4.37. The van der Waals surface area contributed by atoms with Crippen molar-refractivity contribution in [3.05, 3.63) is 30.0 Å². The molecule has 0 amide bonds. The normalized spacial score (nSPS) is 10.7. The molecule has 0 fully saturated rings. The van der Waals surface area contributed by atoms with E-state index >= 15 is 0 Å². The van der Waals surface area contributed by atoms with Crippen molar-refractivity contribution in [1.82, 2.24) is 4.98 Å². The number of fused-ring (bicyclic) bond motifs is 1. The fourth-order valence-electron chi connectivity index (χ4n) is 1.96. The molecular weight excluding hydrogens is 262 g/mol. The smallest absolute Gasteiger partial charge is 0.329 e. The lowest BCUT2D eigenvalue weighted by atomic mass is 10.1. The summed E-state index contributed by atoms with van der Waals surface area (Å²) in [5, 5.41) is 9.17. The first-order valence-electron chi connectivity index (χ1n) is 6.19. The first kappa shape index (κ1) is 14.1. The average Bonchev–Trinajstić information content (AvgIpc) is 2.83. The van der Waals surface area contributed by atoms with Gasteiger partial charge >= 0.3 is 5.97 Å². The molecule has 0 aliphatic rings. The molecule has 0 atom stereocenters. The molecular formula is C14H15NO5. The van der Waals surface area contributed by atoms with Gasteiger partial charge in [0, 0.05) is 17.3 Å². The Balaban J connectivity index is 2.25. The van der Waals surface area contributed by atoms with Crippen LogP contribution in [0.1, 0.15) is 17.3 Å². The minimum absolute atomic E-state index is 0.278. The van der Waals surface area contributed by atoms with Crippen LogP contribution >= 0.6 is 0 Å². The monoisotopic (exact) mass is 277 g/mol. The van der Waals surface area contributed by atoms with E-state index in [1.165, 1.54) is 0 Å². The predicted octanol–water partition coefficient (Wildman–Crippen LogP) is 1.85. The maximum atomic E-state index is 12.1. The summed E-state index contributed by atoms with van der Waals surface area (Å²) in [6.07, 6.45) is 1.58. The van der Waals surface area contributed by atoms with Gasteiger partial charge in [-0.15, -0.1) is 0 Å². The zero-order valence-electron chi connectivity index (χ0n) is 11.0. The Bertz CT molecular complexity index is 632. The summed E-state index contributed by atoms with van der Waals surface area (Å²) in [5.74, 6) is -0.774. The van der Waals surface area contributed by atoms with Gasteiger partial charge in [-0.2, -0.15) is 0 Å². The SMILES string of the molecule is CCOc1cccc2[nH]cc(C(=O)COCC(=O)O)c12. The third-order valence-corrected chi connectivity index (χ3v) is 2.73. The number of nitrogens with one attached hydrogen (secondary N) is 1. The highest BCUT2D eigenvalue weighted by Crippen LogP contribution is 2.29. The molecule has 2 N–H and O–H groups in total. The van der Waals surface area contributed by atoms with Gasteiger partial charge in [-0.1, -0.05) is 6.07 Å². The molecule has 106 valence electrons. The van der Waals surface area contributed by atoms with Crippen LogP contribution in [0.2, 0.25) is 0 Å². The Labute approximate surface area is 115 Å². The van der Waals surface area contributed by atoms with Crippen molar-refractivity contribution in [3.8, 4) is 5.75 Å². The van der Waals surface area contributed by atoms with Crippen LogP contribution in [0.4, 0.5) is 0 Å². The number of hydrogen-bond donors (Lipinski definition) is 2. The van der Waals surface area contributed by atoms with Crippen molar-refractivity contribution >= 4 is 22.7 Å². The Morgan fingerprint density at radius 1 is 1.30 bits per heavy atom. The lowest BCUT2D eigenvalue weighted by molar-refractivity contribution is -0.141. The molecule has 2 rings (SSSR count). The number of Topliss-reactive ketones (excluding diaryl/α,β-unsaturated/α-hetero) is 1. The van der Waals surface area contributed by atoms with Crippen LogP contribution in [-0.2, 0) is 9.53 Å². The highest BCUT2D eigenvalue weighted by atomic mass is 16.5. The fourth-order valence-corrected chi connectivity index (χ4v) is 1.96. The lowest BCUT2D eigenvalue weighted by Crippen LogP contribution is -2.14. The molecule has 1 aromatic carbocycles. The quantitative estimate of drug-likeness (QED) is 0.754. The molecule has 0 unspecified atom stereocenters. The van der Waals surface area contributed by atoms with Crippen LogP contribution < -0.4 is 4.74 Å². The maximum Gasteiger partial charge on any atom is 0.329 e. The first-order chi connectivity index (χ1) is 9.63. The number of aromatic nitrogens is 1. The molecule has 0 aliphatic heterocycles. The summed E-state index contributed by atoms with van der Waals surface area (Å²) in [7, 11) is 0. The predicted molar refractivity (Wildman–Crippen MR) is 72.3 cm³/mol. The second-order valence-corrected chi connectivity index (χ2v) is 4.12. The largest absolute Gasteiger partial charge is 0.493 e. The minimum Gasteiger partial charge on any atom is -0.493 e. The number of ether oxygens (including phenoxy) is 2. The number of aromatic amines is 1. The number of carbonyl (C=O) groups excluding carboxylic acids is 1. The number of carbonyl (C=O) groups is 2. The molecule has 1 heterocycles. The van der Waals surface area contributed by atoms with Crippen LogP contribution in [0.25, 0.3) is 10.9 Å². The first-order valence-corrected chi connectivity index (χ1v) is 6.19. The van der Waals surface area contributed by atoms with Crippen molar-refractivity contribution in [1.29, 1.82) is 0 Å². The van der Waals surface area contributed by atoms with E-state index in [4.69, 9.17) is 14.6 Å². The van der Waals surface area contributed by atoms with E-state index in [1.807, 2.05) is 19.1 Å². The van der Waals surface area contributed by atoms with E-state index in [0.717, 1.165) is 5.52 Å². The standard InChI is InChI=1S/C14H15NO5/c1-2-20-12-5-3-4-10-14(12)9(6-15-10)11(16)7-19-8-13(17)18/h3-6,15H,2,7-8H2,1H3,(H,17,18). The summed E-state index contributed by atoms with van der Waals surface area (Å²) in [5.41, 5.74) is 1.23. The summed E-state index contributed by atoms with van der Waals surface area (Å²) in [4.78, 5) is 25.4. The van der Waals surface area contributed by atoms with E-state index < -0.39 is 12.6 Å². The molecule has 1 aromatic heterocycles. The number of carboxylic acids is 1. The minimum atomic E-state index is -1.10. The molecule has 6 nitrogen and oxygen atoms in total. The molecule has 0 bridgehead atoms. The summed E-state index contributed by atoms with van der Waals surface area (Å²) < 4.78 is 10.3. The number of aliphatic carboxylic acids is 1. The molecule has 6 heteroatoms. The second kappa shape index (κ2) is 6.21. The van der Waals surface area contributed by atoms with Gasteiger partial charge in [-0.3, -0.25) is 4.79 Å². The number of hydrogen-bond acceptors (Lipinski definition) is 4. The van der Waals surface area contributed by atoms with Crippen LogP contribution in [-0.4, -0.2) is 41.7 Å². The van der Waals surface area contributed by atoms with Gasteiger partial charge < -0.3 is 19.6 Å². The van der Waals surface area contributed by atoms with Gasteiger partial charge in [0.1, 0.15) is 19.0 Å². The van der Waals surface area contributed by atoms with Gasteiger partial charge in [0.05, 0.1) is 12.0 Å². The van der Waals surface area contributed by atoms with Gasteiger partial charge in [0.15, 0.2) is 5.78 Å². The number of ketones is 1. The second-order valence-electron chi connectivity index (χ2n) is 4.12. The zero-order chi connectivity index (χ0) is 14.5.